The zero-order valence-corrected chi connectivity index (χ0v) is 10.2. The van der Waals surface area contributed by atoms with E-state index in [1.54, 1.807) is 0 Å². The fraction of sp³-hybridized carbons (Fsp3) is 0.125. The van der Waals surface area contributed by atoms with Crippen molar-refractivity contribution in [1.29, 1.82) is 0 Å². The van der Waals surface area contributed by atoms with Crippen LogP contribution in [0.4, 0.5) is 5.69 Å². The van der Waals surface area contributed by atoms with E-state index in [0.717, 1.165) is 11.3 Å². The van der Waals surface area contributed by atoms with Crippen molar-refractivity contribution in [3.8, 4) is 0 Å². The number of hydrogen-bond donors (Lipinski definition) is 1. The standard InChI is InChI=1S/C16H16NO/c1-13(12-14-8-4-2-5-9-14)16(18)17-15-10-6-3-7-11-15/h2-11,13H,1,12H2,(H,17,18)/t13-/m0/s1. The summed E-state index contributed by atoms with van der Waals surface area (Å²) in [6.45, 7) is 3.92. The Morgan fingerprint density at radius 3 is 2.17 bits per heavy atom. The van der Waals surface area contributed by atoms with Crippen molar-refractivity contribution in [2.24, 2.45) is 5.92 Å². The van der Waals surface area contributed by atoms with Gasteiger partial charge in [0.05, 0.1) is 0 Å². The topological polar surface area (TPSA) is 29.1 Å². The normalized spacial score (nSPS) is 11.8. The number of hydrogen-bond acceptors (Lipinski definition) is 1. The first-order chi connectivity index (χ1) is 8.75. The maximum atomic E-state index is 11.9. The third-order valence-corrected chi connectivity index (χ3v) is 2.74. The number of amides is 1. The molecule has 0 saturated heterocycles. The number of carbonyl (C=O) groups is 1. The molecule has 0 bridgehead atoms. The van der Waals surface area contributed by atoms with Crippen LogP contribution >= 0.6 is 0 Å². The SMILES string of the molecule is [CH2][C@@H](Cc1ccccc1)C(=O)Nc1ccccc1. The van der Waals surface area contributed by atoms with Gasteiger partial charge in [-0.05, 0) is 31.0 Å². The number of benzene rings is 2. The summed E-state index contributed by atoms with van der Waals surface area (Å²) in [5, 5.41) is 2.86. The van der Waals surface area contributed by atoms with Gasteiger partial charge in [-0.1, -0.05) is 48.5 Å². The number of nitrogens with one attached hydrogen (secondary N) is 1. The third kappa shape index (κ3) is 3.45. The first-order valence-electron chi connectivity index (χ1n) is 5.98. The van der Waals surface area contributed by atoms with Crippen molar-refractivity contribution in [2.75, 3.05) is 5.32 Å². The van der Waals surface area contributed by atoms with Crippen LogP contribution in [0.5, 0.6) is 0 Å². The Bertz CT molecular complexity index is 493. The van der Waals surface area contributed by atoms with Crippen molar-refractivity contribution in [3.63, 3.8) is 0 Å². The van der Waals surface area contributed by atoms with E-state index in [1.807, 2.05) is 60.7 Å². The highest BCUT2D eigenvalue weighted by atomic mass is 16.1. The van der Waals surface area contributed by atoms with Gasteiger partial charge in [-0.3, -0.25) is 4.79 Å². The van der Waals surface area contributed by atoms with Crippen LogP contribution in [0.2, 0.25) is 0 Å². The van der Waals surface area contributed by atoms with E-state index in [9.17, 15) is 4.79 Å². The monoisotopic (exact) mass is 238 g/mol. The summed E-state index contributed by atoms with van der Waals surface area (Å²) < 4.78 is 0. The number of carbonyl (C=O) groups excluding carboxylic acids is 1. The van der Waals surface area contributed by atoms with Crippen LogP contribution in [0.25, 0.3) is 0 Å². The van der Waals surface area contributed by atoms with Crippen LogP contribution in [-0.2, 0) is 11.2 Å². The second-order valence-corrected chi connectivity index (χ2v) is 4.24. The van der Waals surface area contributed by atoms with Gasteiger partial charge >= 0.3 is 0 Å². The molecule has 0 heterocycles. The van der Waals surface area contributed by atoms with Crippen LogP contribution in [0.15, 0.2) is 60.7 Å². The van der Waals surface area contributed by atoms with E-state index < -0.39 is 0 Å². The quantitative estimate of drug-likeness (QED) is 0.869. The zero-order chi connectivity index (χ0) is 12.8. The second kappa shape index (κ2) is 6.01. The fourth-order valence-electron chi connectivity index (χ4n) is 1.76. The zero-order valence-electron chi connectivity index (χ0n) is 10.2. The molecule has 2 heteroatoms. The number of anilines is 1. The van der Waals surface area contributed by atoms with Crippen molar-refractivity contribution in [1.82, 2.24) is 0 Å². The molecule has 0 unspecified atom stereocenters. The van der Waals surface area contributed by atoms with Gasteiger partial charge in [0.15, 0.2) is 0 Å². The second-order valence-electron chi connectivity index (χ2n) is 4.24. The van der Waals surface area contributed by atoms with Gasteiger partial charge in [-0.15, -0.1) is 0 Å². The lowest BCUT2D eigenvalue weighted by atomic mass is 10.0. The molecule has 0 saturated carbocycles. The molecule has 1 amide bonds. The van der Waals surface area contributed by atoms with Crippen LogP contribution < -0.4 is 5.32 Å². The Kier molecular flexibility index (Phi) is 4.13. The summed E-state index contributed by atoms with van der Waals surface area (Å²) in [5.74, 6) is -0.336. The summed E-state index contributed by atoms with van der Waals surface area (Å²) >= 11 is 0. The molecular formula is C16H16NO. The molecule has 1 radical (unpaired) electrons. The molecule has 18 heavy (non-hydrogen) atoms. The van der Waals surface area contributed by atoms with Gasteiger partial charge in [0, 0.05) is 11.6 Å². The molecule has 0 aliphatic rings. The van der Waals surface area contributed by atoms with Crippen molar-refractivity contribution in [3.05, 3.63) is 73.2 Å². The van der Waals surface area contributed by atoms with Crippen LogP contribution in [0, 0.1) is 12.8 Å². The molecule has 2 aromatic rings. The minimum Gasteiger partial charge on any atom is -0.326 e. The molecule has 0 spiro atoms. The van der Waals surface area contributed by atoms with E-state index >= 15 is 0 Å². The molecule has 2 rings (SSSR count). The Labute approximate surface area is 108 Å². The molecule has 1 atom stereocenters. The smallest absolute Gasteiger partial charge is 0.227 e. The fourth-order valence-corrected chi connectivity index (χ4v) is 1.76. The molecule has 1 N–H and O–H groups in total. The molecule has 0 aromatic heterocycles. The molecule has 0 fully saturated rings. The third-order valence-electron chi connectivity index (χ3n) is 2.74. The van der Waals surface area contributed by atoms with Gasteiger partial charge in [0.2, 0.25) is 5.91 Å². The summed E-state index contributed by atoms with van der Waals surface area (Å²) in [5.41, 5.74) is 1.94. The summed E-state index contributed by atoms with van der Waals surface area (Å²) in [6.07, 6.45) is 0.652. The predicted molar refractivity (Wildman–Crippen MR) is 74.1 cm³/mol. The average Bonchev–Trinajstić information content (AvgIpc) is 2.41. The lowest BCUT2D eigenvalue weighted by molar-refractivity contribution is -0.118. The molecule has 91 valence electrons. The molecular weight excluding hydrogens is 222 g/mol. The van der Waals surface area contributed by atoms with E-state index in [2.05, 4.69) is 12.2 Å². The largest absolute Gasteiger partial charge is 0.326 e. The van der Waals surface area contributed by atoms with Gasteiger partial charge in [-0.25, -0.2) is 0 Å². The minimum atomic E-state index is -0.285. The van der Waals surface area contributed by atoms with E-state index in [4.69, 9.17) is 0 Å². The molecule has 0 aliphatic carbocycles. The van der Waals surface area contributed by atoms with Gasteiger partial charge in [0.1, 0.15) is 0 Å². The maximum Gasteiger partial charge on any atom is 0.227 e. The lowest BCUT2D eigenvalue weighted by Gasteiger charge is -2.12. The van der Waals surface area contributed by atoms with Crippen molar-refractivity contribution >= 4 is 11.6 Å². The number of rotatable bonds is 4. The first kappa shape index (κ1) is 12.4. The van der Waals surface area contributed by atoms with Gasteiger partial charge in [0.25, 0.3) is 0 Å². The molecule has 0 aliphatic heterocycles. The number of para-hydroxylation sites is 1. The predicted octanol–water partition coefficient (Wildman–Crippen LogP) is 3.32. The maximum absolute atomic E-state index is 11.9. The molecule has 2 aromatic carbocycles. The highest BCUT2D eigenvalue weighted by molar-refractivity contribution is 5.93. The van der Waals surface area contributed by atoms with Gasteiger partial charge < -0.3 is 5.32 Å². The highest BCUT2D eigenvalue weighted by Gasteiger charge is 2.13. The van der Waals surface area contributed by atoms with Gasteiger partial charge in [-0.2, -0.15) is 0 Å². The van der Waals surface area contributed by atoms with Crippen LogP contribution in [-0.4, -0.2) is 5.91 Å². The minimum absolute atomic E-state index is 0.0509. The Morgan fingerprint density at radius 1 is 1.00 bits per heavy atom. The Morgan fingerprint density at radius 2 is 1.56 bits per heavy atom. The summed E-state index contributed by atoms with van der Waals surface area (Å²) in [7, 11) is 0. The summed E-state index contributed by atoms with van der Waals surface area (Å²) in [6, 6.07) is 19.4. The first-order valence-corrected chi connectivity index (χ1v) is 5.98. The van der Waals surface area contributed by atoms with Crippen molar-refractivity contribution in [2.45, 2.75) is 6.42 Å². The lowest BCUT2D eigenvalue weighted by Crippen LogP contribution is -2.22. The van der Waals surface area contributed by atoms with E-state index in [-0.39, 0.29) is 11.8 Å². The average molecular weight is 238 g/mol. The Hall–Kier alpha value is -2.09. The van der Waals surface area contributed by atoms with Crippen molar-refractivity contribution < 1.29 is 4.79 Å². The van der Waals surface area contributed by atoms with E-state index in [1.165, 1.54) is 0 Å². The van der Waals surface area contributed by atoms with Crippen LogP contribution in [0.1, 0.15) is 5.56 Å². The summed E-state index contributed by atoms with van der Waals surface area (Å²) in [4.78, 5) is 11.9. The van der Waals surface area contributed by atoms with Crippen LogP contribution in [0.3, 0.4) is 0 Å². The molecule has 2 nitrogen and oxygen atoms in total. The highest BCUT2D eigenvalue weighted by Crippen LogP contribution is 2.11. The van der Waals surface area contributed by atoms with E-state index in [0.29, 0.717) is 6.42 Å². The Balaban J connectivity index is 1.93.